The van der Waals surface area contributed by atoms with Gasteiger partial charge in [0, 0.05) is 32.4 Å². The highest BCUT2D eigenvalue weighted by atomic mass is 32.2. The molecule has 1 aromatic heterocycles. The number of morpholine rings is 1. The molecule has 1 N–H and O–H groups in total. The second kappa shape index (κ2) is 8.01. The predicted octanol–water partition coefficient (Wildman–Crippen LogP) is 0.972. The monoisotopic (exact) mass is 366 g/mol. The van der Waals surface area contributed by atoms with Crippen LogP contribution in [-0.4, -0.2) is 77.5 Å². The summed E-state index contributed by atoms with van der Waals surface area (Å²) in [6.07, 6.45) is 4.86. The van der Waals surface area contributed by atoms with Crippen LogP contribution in [0, 0.1) is 5.92 Å². The van der Waals surface area contributed by atoms with E-state index in [9.17, 15) is 14.7 Å². The zero-order valence-corrected chi connectivity index (χ0v) is 15.0. The summed E-state index contributed by atoms with van der Waals surface area (Å²) in [5, 5.41) is 9.91. The van der Waals surface area contributed by atoms with Gasteiger partial charge < -0.3 is 19.6 Å². The minimum Gasteiger partial charge on any atom is -0.481 e. The van der Waals surface area contributed by atoms with Crippen LogP contribution in [-0.2, 0) is 9.53 Å². The van der Waals surface area contributed by atoms with Crippen molar-refractivity contribution in [3.8, 4) is 0 Å². The molecule has 1 amide bonds. The molecule has 2 aliphatic rings. The fourth-order valence-electron chi connectivity index (χ4n) is 3.16. The van der Waals surface area contributed by atoms with Gasteiger partial charge in [0.25, 0.3) is 5.91 Å². The summed E-state index contributed by atoms with van der Waals surface area (Å²) >= 11 is 1.40. The molecule has 2 aliphatic heterocycles. The summed E-state index contributed by atoms with van der Waals surface area (Å²) in [5.74, 6) is -0.817. The van der Waals surface area contributed by atoms with Gasteiger partial charge in [0.1, 0.15) is 11.4 Å². The molecule has 0 saturated carbocycles. The van der Waals surface area contributed by atoms with Gasteiger partial charge in [0.15, 0.2) is 5.16 Å². The van der Waals surface area contributed by atoms with E-state index in [0.29, 0.717) is 62.4 Å². The molecule has 0 radical (unpaired) electrons. The molecule has 0 aliphatic carbocycles. The standard InChI is InChI=1S/C16H22N4O4S/c1-25-16-17-9-12(14(21)19-5-7-24-8-6-19)13(18-16)20-4-2-3-11(10-20)15(22)23/h9,11H,2-8,10H2,1H3,(H,22,23)/t11-/m1/s1. The molecule has 0 aromatic carbocycles. The molecule has 2 fully saturated rings. The zero-order chi connectivity index (χ0) is 17.8. The van der Waals surface area contributed by atoms with Crippen LogP contribution < -0.4 is 4.90 Å². The van der Waals surface area contributed by atoms with E-state index in [1.807, 2.05) is 11.2 Å². The van der Waals surface area contributed by atoms with Gasteiger partial charge in [-0.05, 0) is 19.1 Å². The second-order valence-corrected chi connectivity index (χ2v) is 6.90. The number of hydrogen-bond donors (Lipinski definition) is 1. The molecule has 25 heavy (non-hydrogen) atoms. The molecule has 8 nitrogen and oxygen atoms in total. The van der Waals surface area contributed by atoms with Crippen LogP contribution in [0.4, 0.5) is 5.82 Å². The van der Waals surface area contributed by atoms with Crippen molar-refractivity contribution >= 4 is 29.5 Å². The van der Waals surface area contributed by atoms with E-state index in [1.165, 1.54) is 11.8 Å². The van der Waals surface area contributed by atoms with Crippen molar-refractivity contribution in [2.24, 2.45) is 5.92 Å². The fraction of sp³-hybridized carbons (Fsp3) is 0.625. The summed E-state index contributed by atoms with van der Waals surface area (Å²) < 4.78 is 5.31. The lowest BCUT2D eigenvalue weighted by atomic mass is 9.98. The highest BCUT2D eigenvalue weighted by molar-refractivity contribution is 7.98. The fourth-order valence-corrected chi connectivity index (χ4v) is 3.49. The van der Waals surface area contributed by atoms with Gasteiger partial charge in [-0.2, -0.15) is 0 Å². The van der Waals surface area contributed by atoms with E-state index < -0.39 is 11.9 Å². The molecule has 1 aromatic rings. The van der Waals surface area contributed by atoms with Gasteiger partial charge >= 0.3 is 5.97 Å². The van der Waals surface area contributed by atoms with Crippen molar-refractivity contribution in [1.29, 1.82) is 0 Å². The first-order chi connectivity index (χ1) is 12.1. The van der Waals surface area contributed by atoms with Gasteiger partial charge in [-0.15, -0.1) is 0 Å². The Morgan fingerprint density at radius 2 is 2.08 bits per heavy atom. The normalized spacial score (nSPS) is 21.2. The Kier molecular flexibility index (Phi) is 5.74. The molecular weight excluding hydrogens is 344 g/mol. The molecule has 0 spiro atoms. The van der Waals surface area contributed by atoms with Crippen molar-refractivity contribution in [3.63, 3.8) is 0 Å². The number of aromatic nitrogens is 2. The number of carbonyl (C=O) groups is 2. The number of carboxylic acids is 1. The largest absolute Gasteiger partial charge is 0.481 e. The second-order valence-electron chi connectivity index (χ2n) is 6.12. The summed E-state index contributed by atoms with van der Waals surface area (Å²) in [6, 6.07) is 0. The van der Waals surface area contributed by atoms with E-state index in [1.54, 1.807) is 11.1 Å². The number of nitrogens with zero attached hydrogens (tertiary/aromatic N) is 4. The van der Waals surface area contributed by atoms with Gasteiger partial charge in [-0.25, -0.2) is 9.97 Å². The Labute approximate surface area is 150 Å². The smallest absolute Gasteiger partial charge is 0.308 e. The number of thioether (sulfide) groups is 1. The molecule has 0 bridgehead atoms. The third-order valence-corrected chi connectivity index (χ3v) is 5.09. The van der Waals surface area contributed by atoms with E-state index in [4.69, 9.17) is 4.74 Å². The molecule has 9 heteroatoms. The first-order valence-electron chi connectivity index (χ1n) is 8.36. The minimum atomic E-state index is -0.801. The number of hydrogen-bond acceptors (Lipinski definition) is 7. The third-order valence-electron chi connectivity index (χ3n) is 4.53. The Morgan fingerprint density at radius 3 is 2.76 bits per heavy atom. The number of rotatable bonds is 4. The van der Waals surface area contributed by atoms with E-state index in [0.717, 1.165) is 6.42 Å². The van der Waals surface area contributed by atoms with Crippen molar-refractivity contribution in [1.82, 2.24) is 14.9 Å². The SMILES string of the molecule is CSc1ncc(C(=O)N2CCOCC2)c(N2CCC[C@@H](C(=O)O)C2)n1. The number of anilines is 1. The van der Waals surface area contributed by atoms with Crippen LogP contribution in [0.3, 0.4) is 0 Å². The number of aliphatic carboxylic acids is 1. The number of ether oxygens (including phenoxy) is 1. The van der Waals surface area contributed by atoms with Crippen molar-refractivity contribution in [2.45, 2.75) is 18.0 Å². The van der Waals surface area contributed by atoms with Gasteiger partial charge in [0.05, 0.1) is 19.1 Å². The van der Waals surface area contributed by atoms with Crippen LogP contribution in [0.15, 0.2) is 11.4 Å². The summed E-state index contributed by atoms with van der Waals surface area (Å²) in [4.78, 5) is 36.7. The van der Waals surface area contributed by atoms with Gasteiger partial charge in [-0.3, -0.25) is 9.59 Å². The molecule has 0 unspecified atom stereocenters. The van der Waals surface area contributed by atoms with Crippen LogP contribution in [0.2, 0.25) is 0 Å². The summed E-state index contributed by atoms with van der Waals surface area (Å²) in [5.41, 5.74) is 0.436. The van der Waals surface area contributed by atoms with Crippen LogP contribution >= 0.6 is 11.8 Å². The summed E-state index contributed by atoms with van der Waals surface area (Å²) in [6.45, 7) is 3.19. The van der Waals surface area contributed by atoms with E-state index in [-0.39, 0.29) is 5.91 Å². The first kappa shape index (κ1) is 17.9. The maximum absolute atomic E-state index is 12.9. The van der Waals surface area contributed by atoms with Crippen LogP contribution in [0.5, 0.6) is 0 Å². The van der Waals surface area contributed by atoms with Gasteiger partial charge in [0.2, 0.25) is 0 Å². The average molecular weight is 366 g/mol. The zero-order valence-electron chi connectivity index (χ0n) is 14.2. The average Bonchev–Trinajstić information content (AvgIpc) is 2.67. The van der Waals surface area contributed by atoms with Crippen LogP contribution in [0.25, 0.3) is 0 Å². The lowest BCUT2D eigenvalue weighted by Gasteiger charge is -2.34. The van der Waals surface area contributed by atoms with Crippen molar-refractivity contribution in [2.75, 3.05) is 50.5 Å². The quantitative estimate of drug-likeness (QED) is 0.622. The van der Waals surface area contributed by atoms with Crippen molar-refractivity contribution in [3.05, 3.63) is 11.8 Å². The Balaban J connectivity index is 1.90. The summed E-state index contributed by atoms with van der Waals surface area (Å²) in [7, 11) is 0. The maximum Gasteiger partial charge on any atom is 0.308 e. The molecule has 136 valence electrons. The molecule has 3 heterocycles. The van der Waals surface area contributed by atoms with Crippen LogP contribution in [0.1, 0.15) is 23.2 Å². The molecule has 2 saturated heterocycles. The van der Waals surface area contributed by atoms with E-state index in [2.05, 4.69) is 9.97 Å². The Morgan fingerprint density at radius 1 is 1.32 bits per heavy atom. The van der Waals surface area contributed by atoms with Gasteiger partial charge in [-0.1, -0.05) is 11.8 Å². The lowest BCUT2D eigenvalue weighted by molar-refractivity contribution is -0.141. The maximum atomic E-state index is 12.9. The molecule has 1 atom stereocenters. The number of carboxylic acid groups (broad SMARTS) is 1. The predicted molar refractivity (Wildman–Crippen MR) is 93.1 cm³/mol. The minimum absolute atomic E-state index is 0.122. The number of piperidine rings is 1. The highest BCUT2D eigenvalue weighted by Gasteiger charge is 2.30. The first-order valence-corrected chi connectivity index (χ1v) is 9.58. The molecular formula is C16H22N4O4S. The Bertz CT molecular complexity index is 651. The van der Waals surface area contributed by atoms with E-state index >= 15 is 0 Å². The topological polar surface area (TPSA) is 95.9 Å². The highest BCUT2D eigenvalue weighted by Crippen LogP contribution is 2.27. The number of amides is 1. The lowest BCUT2D eigenvalue weighted by Crippen LogP contribution is -2.43. The van der Waals surface area contributed by atoms with Crippen molar-refractivity contribution < 1.29 is 19.4 Å². The Hall–Kier alpha value is -1.87. The number of carbonyl (C=O) groups excluding carboxylic acids is 1. The third kappa shape index (κ3) is 4.04. The molecule has 3 rings (SSSR count).